The molecule has 0 saturated carbocycles. The van der Waals surface area contributed by atoms with Crippen molar-refractivity contribution in [2.75, 3.05) is 18.1 Å². The maximum atomic E-state index is 12.5. The van der Waals surface area contributed by atoms with E-state index in [9.17, 15) is 19.7 Å². The second-order valence-electron chi connectivity index (χ2n) is 6.33. The minimum absolute atomic E-state index is 0.0292. The molecule has 0 fully saturated rings. The van der Waals surface area contributed by atoms with Crippen molar-refractivity contribution in [1.82, 2.24) is 0 Å². The first kappa shape index (κ1) is 18.6. The zero-order valence-corrected chi connectivity index (χ0v) is 14.8. The number of hydrogen-bond donors (Lipinski definition) is 0. The SMILES string of the molecule is O=Cc1cc(OCCCC(=O)N2CCCc3ccccc32)ccc1[N+](=O)[O-]. The number of fused-ring (bicyclic) bond motifs is 1. The summed E-state index contributed by atoms with van der Waals surface area (Å²) < 4.78 is 5.54. The fraction of sp³-hybridized carbons (Fsp3) is 0.300. The molecular formula is C20H20N2O5. The largest absolute Gasteiger partial charge is 0.494 e. The third-order valence-electron chi connectivity index (χ3n) is 4.54. The lowest BCUT2D eigenvalue weighted by molar-refractivity contribution is -0.385. The lowest BCUT2D eigenvalue weighted by Gasteiger charge is -2.29. The van der Waals surface area contributed by atoms with E-state index in [1.807, 2.05) is 23.1 Å². The van der Waals surface area contributed by atoms with Gasteiger partial charge in [-0.1, -0.05) is 18.2 Å². The van der Waals surface area contributed by atoms with Crippen LogP contribution in [0.4, 0.5) is 11.4 Å². The van der Waals surface area contributed by atoms with Gasteiger partial charge in [-0.25, -0.2) is 0 Å². The number of aldehydes is 1. The van der Waals surface area contributed by atoms with E-state index in [1.54, 1.807) is 0 Å². The molecular weight excluding hydrogens is 348 g/mol. The van der Waals surface area contributed by atoms with Gasteiger partial charge in [0.15, 0.2) is 6.29 Å². The van der Waals surface area contributed by atoms with Gasteiger partial charge in [-0.05, 0) is 43.0 Å². The van der Waals surface area contributed by atoms with E-state index in [0.29, 0.717) is 24.9 Å². The predicted molar refractivity (Wildman–Crippen MR) is 100 cm³/mol. The molecule has 2 aromatic rings. The van der Waals surface area contributed by atoms with E-state index in [1.165, 1.54) is 23.8 Å². The summed E-state index contributed by atoms with van der Waals surface area (Å²) in [6, 6.07) is 12.0. The lowest BCUT2D eigenvalue weighted by atomic mass is 10.0. The molecule has 2 aromatic carbocycles. The van der Waals surface area contributed by atoms with Gasteiger partial charge < -0.3 is 9.64 Å². The normalized spacial score (nSPS) is 13.0. The van der Waals surface area contributed by atoms with Crippen LogP contribution in [-0.4, -0.2) is 30.3 Å². The number of ether oxygens (including phenoxy) is 1. The van der Waals surface area contributed by atoms with Crippen LogP contribution in [0.25, 0.3) is 0 Å². The molecule has 1 aliphatic rings. The molecule has 0 unspecified atom stereocenters. The summed E-state index contributed by atoms with van der Waals surface area (Å²) in [5, 5.41) is 10.8. The summed E-state index contributed by atoms with van der Waals surface area (Å²) in [5.41, 5.74) is 1.90. The molecule has 27 heavy (non-hydrogen) atoms. The number of hydrogen-bond acceptors (Lipinski definition) is 5. The van der Waals surface area contributed by atoms with E-state index >= 15 is 0 Å². The monoisotopic (exact) mass is 368 g/mol. The molecule has 1 amide bonds. The fourth-order valence-corrected chi connectivity index (χ4v) is 3.22. The number of carbonyl (C=O) groups excluding carboxylic acids is 2. The Morgan fingerprint density at radius 1 is 1.26 bits per heavy atom. The van der Waals surface area contributed by atoms with Crippen molar-refractivity contribution in [2.45, 2.75) is 25.7 Å². The van der Waals surface area contributed by atoms with Gasteiger partial charge in [0, 0.05) is 24.7 Å². The number of anilines is 1. The first-order valence-corrected chi connectivity index (χ1v) is 8.85. The number of nitro groups is 1. The van der Waals surface area contributed by atoms with Crippen LogP contribution in [-0.2, 0) is 11.2 Å². The Balaban J connectivity index is 1.53. The number of aryl methyl sites for hydroxylation is 1. The molecule has 0 atom stereocenters. The molecule has 1 heterocycles. The molecule has 0 aliphatic carbocycles. The van der Waals surface area contributed by atoms with Crippen LogP contribution in [0.15, 0.2) is 42.5 Å². The predicted octanol–water partition coefficient (Wildman–Crippen LogP) is 3.55. The van der Waals surface area contributed by atoms with Crippen LogP contribution in [0.5, 0.6) is 5.75 Å². The summed E-state index contributed by atoms with van der Waals surface area (Å²) in [4.78, 5) is 35.6. The zero-order chi connectivity index (χ0) is 19.2. The Hall–Kier alpha value is -3.22. The van der Waals surface area contributed by atoms with Gasteiger partial charge in [-0.3, -0.25) is 19.7 Å². The first-order valence-electron chi connectivity index (χ1n) is 8.85. The maximum absolute atomic E-state index is 12.5. The molecule has 0 radical (unpaired) electrons. The maximum Gasteiger partial charge on any atom is 0.280 e. The van der Waals surface area contributed by atoms with E-state index < -0.39 is 4.92 Å². The van der Waals surface area contributed by atoms with Gasteiger partial charge in [-0.2, -0.15) is 0 Å². The number of rotatable bonds is 7. The second kappa shape index (κ2) is 8.44. The molecule has 0 saturated heterocycles. The van der Waals surface area contributed by atoms with E-state index in [2.05, 4.69) is 6.07 Å². The highest BCUT2D eigenvalue weighted by Crippen LogP contribution is 2.27. The topological polar surface area (TPSA) is 89.8 Å². The van der Waals surface area contributed by atoms with Crippen LogP contribution < -0.4 is 9.64 Å². The van der Waals surface area contributed by atoms with Crippen molar-refractivity contribution < 1.29 is 19.2 Å². The third-order valence-corrected chi connectivity index (χ3v) is 4.54. The van der Waals surface area contributed by atoms with Crippen LogP contribution in [0.2, 0.25) is 0 Å². The van der Waals surface area contributed by atoms with Gasteiger partial charge in [-0.15, -0.1) is 0 Å². The Morgan fingerprint density at radius 2 is 2.07 bits per heavy atom. The molecule has 0 bridgehead atoms. The van der Waals surface area contributed by atoms with Crippen LogP contribution >= 0.6 is 0 Å². The molecule has 0 aromatic heterocycles. The minimum Gasteiger partial charge on any atom is -0.494 e. The summed E-state index contributed by atoms with van der Waals surface area (Å²) in [7, 11) is 0. The highest BCUT2D eigenvalue weighted by molar-refractivity contribution is 5.94. The standard InChI is InChI=1S/C20H20N2O5/c23-14-16-13-17(9-10-19(16)22(25)26)27-12-4-8-20(24)21-11-3-6-15-5-1-2-7-18(15)21/h1-2,5,7,9-10,13-14H,3-4,6,8,11-12H2. The summed E-state index contributed by atoms with van der Waals surface area (Å²) >= 11 is 0. The van der Waals surface area contributed by atoms with Gasteiger partial charge in [0.1, 0.15) is 5.75 Å². The molecule has 0 spiro atoms. The van der Waals surface area contributed by atoms with Crippen molar-refractivity contribution >= 4 is 23.6 Å². The number of amides is 1. The van der Waals surface area contributed by atoms with Gasteiger partial charge in [0.25, 0.3) is 5.69 Å². The Labute approximate surface area is 156 Å². The second-order valence-corrected chi connectivity index (χ2v) is 6.33. The third kappa shape index (κ3) is 4.31. The van der Waals surface area contributed by atoms with Crippen molar-refractivity contribution in [1.29, 1.82) is 0 Å². The molecule has 7 nitrogen and oxygen atoms in total. The number of benzene rings is 2. The highest BCUT2D eigenvalue weighted by Gasteiger charge is 2.21. The number of nitrogens with zero attached hydrogens (tertiary/aromatic N) is 2. The van der Waals surface area contributed by atoms with Crippen LogP contribution in [0, 0.1) is 10.1 Å². The van der Waals surface area contributed by atoms with E-state index in [0.717, 1.165) is 25.1 Å². The van der Waals surface area contributed by atoms with Crippen molar-refractivity contribution in [3.63, 3.8) is 0 Å². The van der Waals surface area contributed by atoms with E-state index in [-0.39, 0.29) is 23.8 Å². The fourth-order valence-electron chi connectivity index (χ4n) is 3.22. The van der Waals surface area contributed by atoms with Gasteiger partial charge in [0.05, 0.1) is 17.1 Å². The zero-order valence-electron chi connectivity index (χ0n) is 14.8. The van der Waals surface area contributed by atoms with Crippen molar-refractivity contribution in [2.24, 2.45) is 0 Å². The number of carbonyl (C=O) groups is 2. The molecule has 1 aliphatic heterocycles. The number of nitro benzene ring substituents is 1. The average Bonchev–Trinajstić information content (AvgIpc) is 2.70. The highest BCUT2D eigenvalue weighted by atomic mass is 16.6. The first-order chi connectivity index (χ1) is 13.1. The molecule has 0 N–H and O–H groups in total. The Morgan fingerprint density at radius 3 is 2.85 bits per heavy atom. The van der Waals surface area contributed by atoms with Crippen LogP contribution in [0.1, 0.15) is 35.2 Å². The lowest BCUT2D eigenvalue weighted by Crippen LogP contribution is -2.35. The molecule has 140 valence electrons. The average molecular weight is 368 g/mol. The quantitative estimate of drug-likeness (QED) is 0.323. The van der Waals surface area contributed by atoms with E-state index in [4.69, 9.17) is 4.74 Å². The summed E-state index contributed by atoms with van der Waals surface area (Å²) in [5.74, 6) is 0.432. The Bertz CT molecular complexity index is 865. The van der Waals surface area contributed by atoms with Gasteiger partial charge in [0.2, 0.25) is 5.91 Å². The number of para-hydroxylation sites is 1. The van der Waals surface area contributed by atoms with Crippen molar-refractivity contribution in [3.8, 4) is 5.75 Å². The summed E-state index contributed by atoms with van der Waals surface area (Å²) in [6.07, 6.45) is 3.24. The van der Waals surface area contributed by atoms with Crippen molar-refractivity contribution in [3.05, 3.63) is 63.7 Å². The molecule has 3 rings (SSSR count). The summed E-state index contributed by atoms with van der Waals surface area (Å²) in [6.45, 7) is 1.01. The smallest absolute Gasteiger partial charge is 0.280 e. The minimum atomic E-state index is -0.608. The van der Waals surface area contributed by atoms with Gasteiger partial charge >= 0.3 is 0 Å². The Kier molecular flexibility index (Phi) is 5.80. The van der Waals surface area contributed by atoms with Crippen LogP contribution in [0.3, 0.4) is 0 Å². The molecule has 7 heteroatoms.